The molecule has 2 atom stereocenters. The van der Waals surface area contributed by atoms with Crippen molar-refractivity contribution in [1.29, 1.82) is 0 Å². The van der Waals surface area contributed by atoms with E-state index in [9.17, 15) is 4.79 Å². The molecule has 1 aliphatic rings. The van der Waals surface area contributed by atoms with Gasteiger partial charge in [-0.15, -0.1) is 11.3 Å². The lowest BCUT2D eigenvalue weighted by molar-refractivity contribution is 0.0879. The van der Waals surface area contributed by atoms with Crippen molar-refractivity contribution in [3.63, 3.8) is 0 Å². The lowest BCUT2D eigenvalue weighted by Crippen LogP contribution is -2.43. The molecule has 1 saturated heterocycles. The van der Waals surface area contributed by atoms with Crippen LogP contribution in [0.4, 0.5) is 0 Å². The van der Waals surface area contributed by atoms with E-state index < -0.39 is 0 Å². The minimum Gasteiger partial charge on any atom is -0.496 e. The van der Waals surface area contributed by atoms with Crippen LogP contribution in [0.15, 0.2) is 54.0 Å². The van der Waals surface area contributed by atoms with Gasteiger partial charge in [0.2, 0.25) is 0 Å². The number of hydrogen-bond acceptors (Lipinski definition) is 5. The van der Waals surface area contributed by atoms with Gasteiger partial charge in [-0.05, 0) is 85.5 Å². The zero-order valence-corrected chi connectivity index (χ0v) is 19.8. The number of piperidine rings is 1. The Kier molecular flexibility index (Phi) is 7.22. The summed E-state index contributed by atoms with van der Waals surface area (Å²) in [5, 5.41) is 5.23. The summed E-state index contributed by atoms with van der Waals surface area (Å²) in [7, 11) is 1.72. The molecule has 0 spiro atoms. The minimum absolute atomic E-state index is 0.0191. The molecule has 3 aromatic rings. The van der Waals surface area contributed by atoms with E-state index >= 15 is 0 Å². The van der Waals surface area contributed by atoms with Gasteiger partial charge in [-0.25, -0.2) is 0 Å². The summed E-state index contributed by atoms with van der Waals surface area (Å²) >= 11 is 1.47. The van der Waals surface area contributed by atoms with E-state index in [0.29, 0.717) is 5.92 Å². The Morgan fingerprint density at radius 1 is 1.22 bits per heavy atom. The Bertz CT molecular complexity index is 1040. The van der Waals surface area contributed by atoms with Crippen LogP contribution in [0, 0.1) is 19.8 Å². The first-order valence-corrected chi connectivity index (χ1v) is 12.1. The van der Waals surface area contributed by atoms with Crippen LogP contribution in [0.2, 0.25) is 0 Å². The lowest BCUT2D eigenvalue weighted by atomic mass is 9.88. The number of hydrogen-bond donors (Lipinski definition) is 1. The van der Waals surface area contributed by atoms with Crippen LogP contribution in [0.3, 0.4) is 0 Å². The third-order valence-electron chi connectivity index (χ3n) is 6.51. The van der Waals surface area contributed by atoms with Crippen LogP contribution in [-0.2, 0) is 6.54 Å². The van der Waals surface area contributed by atoms with Gasteiger partial charge in [-0.3, -0.25) is 14.7 Å². The normalized spacial score (nSPS) is 17.7. The molecule has 3 heterocycles. The third kappa shape index (κ3) is 5.03. The van der Waals surface area contributed by atoms with E-state index in [0.717, 1.165) is 48.8 Å². The standard InChI is InChI=1S/C26H31N3O2S/c1-18-19(2)23(31-3)12-11-20(18)16-29-14-6-8-21(17-29)25(22-9-4-5-13-27-22)28-26(30)24-10-7-15-32-24/h4-5,7,9-13,15,21,25H,6,8,14,16-17H2,1-3H3,(H,28,30)/t21-,25-/m1/s1. The van der Waals surface area contributed by atoms with Gasteiger partial charge in [0.15, 0.2) is 0 Å². The summed E-state index contributed by atoms with van der Waals surface area (Å²) < 4.78 is 5.48. The Labute approximate surface area is 194 Å². The number of thiophene rings is 1. The van der Waals surface area contributed by atoms with Gasteiger partial charge in [-0.2, -0.15) is 0 Å². The number of amides is 1. The van der Waals surface area contributed by atoms with E-state index in [1.165, 1.54) is 28.0 Å². The number of methoxy groups -OCH3 is 1. The van der Waals surface area contributed by atoms with Gasteiger partial charge in [-0.1, -0.05) is 18.2 Å². The second-order valence-electron chi connectivity index (χ2n) is 8.50. The lowest BCUT2D eigenvalue weighted by Gasteiger charge is -2.37. The fourth-order valence-electron chi connectivity index (χ4n) is 4.61. The highest BCUT2D eigenvalue weighted by molar-refractivity contribution is 7.12. The number of nitrogens with one attached hydrogen (secondary N) is 1. The molecule has 5 nitrogen and oxygen atoms in total. The summed E-state index contributed by atoms with van der Waals surface area (Å²) in [6.45, 7) is 7.19. The summed E-state index contributed by atoms with van der Waals surface area (Å²) in [4.78, 5) is 20.7. The van der Waals surface area contributed by atoms with Crippen molar-refractivity contribution in [2.24, 2.45) is 5.92 Å². The number of carbonyl (C=O) groups excluding carboxylic acids is 1. The Morgan fingerprint density at radius 2 is 2.09 bits per heavy atom. The smallest absolute Gasteiger partial charge is 0.261 e. The molecule has 0 radical (unpaired) electrons. The number of carbonyl (C=O) groups is 1. The largest absolute Gasteiger partial charge is 0.496 e. The molecule has 168 valence electrons. The summed E-state index contributed by atoms with van der Waals surface area (Å²) in [6.07, 6.45) is 3.99. The highest BCUT2D eigenvalue weighted by Gasteiger charge is 2.31. The predicted molar refractivity (Wildman–Crippen MR) is 129 cm³/mol. The number of pyridine rings is 1. The predicted octanol–water partition coefficient (Wildman–Crippen LogP) is 5.15. The van der Waals surface area contributed by atoms with Gasteiger partial charge < -0.3 is 10.1 Å². The molecule has 0 unspecified atom stereocenters. The fraction of sp³-hybridized carbons (Fsp3) is 0.385. The molecule has 4 rings (SSSR count). The van der Waals surface area contributed by atoms with Crippen molar-refractivity contribution < 1.29 is 9.53 Å². The number of ether oxygens (including phenoxy) is 1. The number of benzene rings is 1. The van der Waals surface area contributed by atoms with Crippen LogP contribution in [0.1, 0.15) is 50.9 Å². The summed E-state index contributed by atoms with van der Waals surface area (Å²) in [5.74, 6) is 1.23. The van der Waals surface area contributed by atoms with E-state index in [4.69, 9.17) is 4.74 Å². The average molecular weight is 450 g/mol. The van der Waals surface area contributed by atoms with E-state index in [1.54, 1.807) is 7.11 Å². The Hall–Kier alpha value is -2.70. The quantitative estimate of drug-likeness (QED) is 0.542. The van der Waals surface area contributed by atoms with Crippen molar-refractivity contribution in [3.05, 3.63) is 81.3 Å². The molecule has 6 heteroatoms. The first-order chi connectivity index (χ1) is 15.6. The first kappa shape index (κ1) is 22.5. The number of nitrogens with zero attached hydrogens (tertiary/aromatic N) is 2. The van der Waals surface area contributed by atoms with E-state index in [2.05, 4.69) is 41.2 Å². The van der Waals surface area contributed by atoms with Crippen LogP contribution >= 0.6 is 11.3 Å². The van der Waals surface area contributed by atoms with Crippen molar-refractivity contribution in [2.75, 3.05) is 20.2 Å². The highest BCUT2D eigenvalue weighted by Crippen LogP contribution is 2.31. The minimum atomic E-state index is -0.104. The molecule has 1 aliphatic heterocycles. The maximum absolute atomic E-state index is 12.9. The van der Waals surface area contributed by atoms with Crippen LogP contribution < -0.4 is 10.1 Å². The molecule has 0 bridgehead atoms. The van der Waals surface area contributed by atoms with Gasteiger partial charge in [0.1, 0.15) is 5.75 Å². The number of aromatic nitrogens is 1. The third-order valence-corrected chi connectivity index (χ3v) is 7.38. The number of rotatable bonds is 7. The maximum Gasteiger partial charge on any atom is 0.261 e. The topological polar surface area (TPSA) is 54.5 Å². The van der Waals surface area contributed by atoms with Crippen molar-refractivity contribution in [2.45, 2.75) is 39.3 Å². The average Bonchev–Trinajstić information content (AvgIpc) is 3.37. The number of likely N-dealkylation sites (tertiary alicyclic amines) is 1. The van der Waals surface area contributed by atoms with Gasteiger partial charge in [0.05, 0.1) is 23.7 Å². The molecule has 1 N–H and O–H groups in total. The van der Waals surface area contributed by atoms with E-state index in [-0.39, 0.29) is 11.9 Å². The van der Waals surface area contributed by atoms with Crippen molar-refractivity contribution >= 4 is 17.2 Å². The molecule has 32 heavy (non-hydrogen) atoms. The van der Waals surface area contributed by atoms with E-state index in [1.807, 2.05) is 41.9 Å². The molecule has 1 aromatic carbocycles. The molecule has 0 saturated carbocycles. The molecule has 1 amide bonds. The maximum atomic E-state index is 12.9. The molecule has 1 fully saturated rings. The molecular formula is C26H31N3O2S. The van der Waals surface area contributed by atoms with Gasteiger partial charge in [0.25, 0.3) is 5.91 Å². The van der Waals surface area contributed by atoms with Crippen molar-refractivity contribution in [1.82, 2.24) is 15.2 Å². The monoisotopic (exact) mass is 449 g/mol. The van der Waals surface area contributed by atoms with Crippen molar-refractivity contribution in [3.8, 4) is 5.75 Å². The Balaban J connectivity index is 1.52. The van der Waals surface area contributed by atoms with Gasteiger partial charge >= 0.3 is 0 Å². The highest BCUT2D eigenvalue weighted by atomic mass is 32.1. The van der Waals surface area contributed by atoms with Crippen LogP contribution in [-0.4, -0.2) is 36.0 Å². The zero-order chi connectivity index (χ0) is 22.5. The Morgan fingerprint density at radius 3 is 2.81 bits per heavy atom. The van der Waals surface area contributed by atoms with Crippen LogP contribution in [0.25, 0.3) is 0 Å². The summed E-state index contributed by atoms with van der Waals surface area (Å²) in [6, 6.07) is 13.9. The second-order valence-corrected chi connectivity index (χ2v) is 9.45. The van der Waals surface area contributed by atoms with Crippen LogP contribution in [0.5, 0.6) is 5.75 Å². The second kappa shape index (κ2) is 10.3. The SMILES string of the molecule is COc1ccc(CN2CCC[C@@H]([C@@H](NC(=O)c3cccs3)c3ccccn3)C2)c(C)c1C. The fourth-order valence-corrected chi connectivity index (χ4v) is 5.23. The first-order valence-electron chi connectivity index (χ1n) is 11.2. The molecular weight excluding hydrogens is 418 g/mol. The summed E-state index contributed by atoms with van der Waals surface area (Å²) in [5.41, 5.74) is 4.76. The molecule has 0 aliphatic carbocycles. The van der Waals surface area contributed by atoms with Gasteiger partial charge in [0, 0.05) is 19.3 Å². The molecule has 2 aromatic heterocycles. The zero-order valence-electron chi connectivity index (χ0n) is 19.0.